The van der Waals surface area contributed by atoms with Gasteiger partial charge in [-0.2, -0.15) is 0 Å². The van der Waals surface area contributed by atoms with Gasteiger partial charge in [0.25, 0.3) is 0 Å². The minimum atomic E-state index is -0.491. The molecule has 1 rings (SSSR count). The highest BCUT2D eigenvalue weighted by atomic mass is 79.9. The zero-order chi connectivity index (χ0) is 12.1. The summed E-state index contributed by atoms with van der Waals surface area (Å²) < 4.78 is 13.9. The molecule has 0 unspecified atom stereocenters. The number of halogens is 3. The van der Waals surface area contributed by atoms with Crippen molar-refractivity contribution in [2.45, 2.75) is 6.92 Å². The fourth-order valence-electron chi connectivity index (χ4n) is 0.963. The molecule has 2 nitrogen and oxygen atoms in total. The van der Waals surface area contributed by atoms with Gasteiger partial charge in [0.15, 0.2) is 0 Å². The molecule has 0 aromatic heterocycles. The summed E-state index contributed by atoms with van der Waals surface area (Å²) >= 11 is 8.81. The minimum Gasteiger partial charge on any atom is -0.345 e. The zero-order valence-electron chi connectivity index (χ0n) is 8.40. The van der Waals surface area contributed by atoms with Crippen molar-refractivity contribution in [3.8, 4) is 11.8 Å². The molecule has 5 heteroatoms. The van der Waals surface area contributed by atoms with E-state index in [4.69, 9.17) is 11.6 Å². The third kappa shape index (κ3) is 3.84. The average Bonchev–Trinajstić information content (AvgIpc) is 2.14. The predicted molar refractivity (Wildman–Crippen MR) is 64.7 cm³/mol. The summed E-state index contributed by atoms with van der Waals surface area (Å²) in [5.74, 6) is 4.59. The van der Waals surface area contributed by atoms with Crippen molar-refractivity contribution < 1.29 is 9.18 Å². The summed E-state index contributed by atoms with van der Waals surface area (Å²) in [5, 5.41) is 2.79. The second-order valence-corrected chi connectivity index (χ2v) is 4.25. The number of nitrogens with one attached hydrogen (secondary N) is 1. The first-order valence-electron chi connectivity index (χ1n) is 4.38. The Morgan fingerprint density at radius 3 is 2.88 bits per heavy atom. The number of hydrogen-bond donors (Lipinski definition) is 1. The van der Waals surface area contributed by atoms with Crippen LogP contribution in [0.1, 0.15) is 12.5 Å². The number of benzene rings is 1. The average molecular weight is 305 g/mol. The van der Waals surface area contributed by atoms with E-state index in [1.54, 1.807) is 6.07 Å². The Morgan fingerprint density at radius 2 is 2.31 bits per heavy atom. The smallest absolute Gasteiger partial charge is 0.217 e. The first kappa shape index (κ1) is 13.0. The molecule has 0 fully saturated rings. The highest BCUT2D eigenvalue weighted by Crippen LogP contribution is 2.23. The topological polar surface area (TPSA) is 29.1 Å². The van der Waals surface area contributed by atoms with Crippen LogP contribution >= 0.6 is 27.5 Å². The Balaban J connectivity index is 2.84. The van der Waals surface area contributed by atoms with Crippen LogP contribution in [0.3, 0.4) is 0 Å². The Bertz CT molecular complexity index is 456. The van der Waals surface area contributed by atoms with Gasteiger partial charge in [-0.25, -0.2) is 4.39 Å². The van der Waals surface area contributed by atoms with E-state index in [-0.39, 0.29) is 18.0 Å². The second kappa shape index (κ2) is 5.88. The molecule has 0 spiro atoms. The van der Waals surface area contributed by atoms with Gasteiger partial charge in [0.1, 0.15) is 5.82 Å². The highest BCUT2D eigenvalue weighted by Gasteiger charge is 2.05. The molecule has 1 N–H and O–H groups in total. The van der Waals surface area contributed by atoms with Gasteiger partial charge in [-0.05, 0) is 28.1 Å². The van der Waals surface area contributed by atoms with Crippen molar-refractivity contribution in [2.75, 3.05) is 6.54 Å². The van der Waals surface area contributed by atoms with E-state index < -0.39 is 5.82 Å². The van der Waals surface area contributed by atoms with E-state index in [0.717, 1.165) is 0 Å². The lowest BCUT2D eigenvalue weighted by Crippen LogP contribution is -2.19. The molecule has 1 aromatic carbocycles. The molecule has 84 valence electrons. The van der Waals surface area contributed by atoms with Crippen LogP contribution in [-0.4, -0.2) is 12.5 Å². The van der Waals surface area contributed by atoms with E-state index in [1.165, 1.54) is 13.0 Å². The van der Waals surface area contributed by atoms with Crippen LogP contribution in [-0.2, 0) is 4.79 Å². The van der Waals surface area contributed by atoms with Crippen LogP contribution < -0.4 is 5.32 Å². The van der Waals surface area contributed by atoms with Crippen molar-refractivity contribution >= 4 is 33.4 Å². The fraction of sp³-hybridized carbons (Fsp3) is 0.182. The maximum atomic E-state index is 13.4. The lowest BCUT2D eigenvalue weighted by molar-refractivity contribution is -0.118. The van der Waals surface area contributed by atoms with E-state index >= 15 is 0 Å². The number of rotatable bonds is 1. The normalized spacial score (nSPS) is 9.25. The first-order valence-corrected chi connectivity index (χ1v) is 5.55. The SMILES string of the molecule is CC(=O)NCC#Cc1c(F)cc(Cl)cc1Br. The van der Waals surface area contributed by atoms with Crippen molar-refractivity contribution in [3.05, 3.63) is 33.0 Å². The molecule has 0 heterocycles. The number of carbonyl (C=O) groups is 1. The van der Waals surface area contributed by atoms with Crippen molar-refractivity contribution in [2.24, 2.45) is 0 Å². The van der Waals surface area contributed by atoms with Gasteiger partial charge in [-0.3, -0.25) is 4.79 Å². The minimum absolute atomic E-state index is 0.176. The van der Waals surface area contributed by atoms with Crippen LogP contribution in [0.5, 0.6) is 0 Å². The monoisotopic (exact) mass is 303 g/mol. The summed E-state index contributed by atoms with van der Waals surface area (Å²) in [7, 11) is 0. The van der Waals surface area contributed by atoms with E-state index in [9.17, 15) is 9.18 Å². The molecule has 0 radical (unpaired) electrons. The van der Waals surface area contributed by atoms with Crippen molar-refractivity contribution in [3.63, 3.8) is 0 Å². The molecule has 1 aromatic rings. The fourth-order valence-corrected chi connectivity index (χ4v) is 1.83. The molecule has 0 aliphatic rings. The quantitative estimate of drug-likeness (QED) is 0.794. The van der Waals surface area contributed by atoms with Crippen LogP contribution in [0.4, 0.5) is 4.39 Å². The largest absolute Gasteiger partial charge is 0.345 e. The van der Waals surface area contributed by atoms with Gasteiger partial charge in [-0.1, -0.05) is 23.4 Å². The molecule has 0 aliphatic carbocycles. The van der Waals surface area contributed by atoms with Gasteiger partial charge >= 0.3 is 0 Å². The molecule has 0 saturated heterocycles. The van der Waals surface area contributed by atoms with E-state index in [1.807, 2.05) is 0 Å². The third-order valence-electron chi connectivity index (χ3n) is 1.65. The number of hydrogen-bond acceptors (Lipinski definition) is 1. The van der Waals surface area contributed by atoms with Gasteiger partial charge in [0, 0.05) is 16.4 Å². The lowest BCUT2D eigenvalue weighted by atomic mass is 10.2. The van der Waals surface area contributed by atoms with Crippen LogP contribution in [0, 0.1) is 17.7 Å². The molecule has 0 bridgehead atoms. The molecular weight excluding hydrogens is 296 g/mol. The highest BCUT2D eigenvalue weighted by molar-refractivity contribution is 9.10. The Hall–Kier alpha value is -1.05. The Kier molecular flexibility index (Phi) is 4.78. The Labute approximate surface area is 106 Å². The van der Waals surface area contributed by atoms with E-state index in [0.29, 0.717) is 9.50 Å². The molecular formula is C11H8BrClFNO. The number of amides is 1. The van der Waals surface area contributed by atoms with Gasteiger partial charge in [0.05, 0.1) is 12.1 Å². The van der Waals surface area contributed by atoms with Crippen molar-refractivity contribution in [1.82, 2.24) is 5.32 Å². The third-order valence-corrected chi connectivity index (χ3v) is 2.49. The van der Waals surface area contributed by atoms with E-state index in [2.05, 4.69) is 33.1 Å². The van der Waals surface area contributed by atoms with Crippen molar-refractivity contribution in [1.29, 1.82) is 0 Å². The standard InChI is InChI=1S/C11H8BrClFNO/c1-7(16)15-4-2-3-9-10(12)5-8(13)6-11(9)14/h5-6H,4H2,1H3,(H,15,16). The summed E-state index contributed by atoms with van der Waals surface area (Å²) in [5.41, 5.74) is 0.231. The van der Waals surface area contributed by atoms with Gasteiger partial charge < -0.3 is 5.32 Å². The molecule has 16 heavy (non-hydrogen) atoms. The van der Waals surface area contributed by atoms with Gasteiger partial charge in [0.2, 0.25) is 5.91 Å². The van der Waals surface area contributed by atoms with Gasteiger partial charge in [-0.15, -0.1) is 0 Å². The number of carbonyl (C=O) groups excluding carboxylic acids is 1. The summed E-state index contributed by atoms with van der Waals surface area (Å²) in [6, 6.07) is 2.75. The molecule has 0 saturated carbocycles. The maximum Gasteiger partial charge on any atom is 0.217 e. The first-order chi connectivity index (χ1) is 7.50. The van der Waals surface area contributed by atoms with Crippen LogP contribution in [0.2, 0.25) is 5.02 Å². The van der Waals surface area contributed by atoms with Crippen LogP contribution in [0.15, 0.2) is 16.6 Å². The molecule has 1 amide bonds. The lowest BCUT2D eigenvalue weighted by Gasteiger charge is -1.99. The maximum absolute atomic E-state index is 13.4. The molecule has 0 aliphatic heterocycles. The second-order valence-electron chi connectivity index (χ2n) is 2.96. The Morgan fingerprint density at radius 1 is 1.62 bits per heavy atom. The van der Waals surface area contributed by atoms with Crippen LogP contribution in [0.25, 0.3) is 0 Å². The molecule has 0 atom stereocenters. The summed E-state index contributed by atoms with van der Waals surface area (Å²) in [6.45, 7) is 1.57. The predicted octanol–water partition coefficient (Wildman–Crippen LogP) is 2.73. The summed E-state index contributed by atoms with van der Waals surface area (Å²) in [6.07, 6.45) is 0. The zero-order valence-corrected chi connectivity index (χ0v) is 10.7. The summed E-state index contributed by atoms with van der Waals surface area (Å²) in [4.78, 5) is 10.6.